The first-order chi connectivity index (χ1) is 15.1. The van der Waals surface area contributed by atoms with Crippen LogP contribution in [0.5, 0.6) is 11.5 Å². The molecule has 2 unspecified atom stereocenters. The van der Waals surface area contributed by atoms with Crippen molar-refractivity contribution in [2.45, 2.75) is 84.1 Å². The van der Waals surface area contributed by atoms with Crippen LogP contribution in [0.25, 0.3) is 0 Å². The summed E-state index contributed by atoms with van der Waals surface area (Å²) in [6.45, 7) is 12.4. The van der Waals surface area contributed by atoms with Crippen LogP contribution in [0.4, 0.5) is 0 Å². The van der Waals surface area contributed by atoms with Gasteiger partial charge in [0.25, 0.3) is 0 Å². The highest BCUT2D eigenvalue weighted by Crippen LogP contribution is 2.45. The zero-order valence-corrected chi connectivity index (χ0v) is 26.5. The summed E-state index contributed by atoms with van der Waals surface area (Å²) in [7, 11) is 0. The minimum absolute atomic E-state index is 0.308. The van der Waals surface area contributed by atoms with E-state index in [2.05, 4.69) is 116 Å². The summed E-state index contributed by atoms with van der Waals surface area (Å²) in [6.07, 6.45) is 3.41. The van der Waals surface area contributed by atoms with E-state index in [0.717, 1.165) is 54.7 Å². The Balaban J connectivity index is 2.44. The summed E-state index contributed by atoms with van der Waals surface area (Å²) < 4.78 is 15.7. The van der Waals surface area contributed by atoms with E-state index in [4.69, 9.17) is 20.9 Å². The van der Waals surface area contributed by atoms with Gasteiger partial charge in [0.2, 0.25) is 0 Å². The number of hydrogen-bond donors (Lipinski definition) is 2. The van der Waals surface area contributed by atoms with Gasteiger partial charge in [-0.3, -0.25) is 11.5 Å². The summed E-state index contributed by atoms with van der Waals surface area (Å²) in [4.78, 5) is 0. The van der Waals surface area contributed by atoms with Crippen molar-refractivity contribution in [3.8, 4) is 11.5 Å². The Morgan fingerprint density at radius 3 is 1.15 bits per heavy atom. The molecular formula is C25H34Br4N2O2. The van der Waals surface area contributed by atoms with Gasteiger partial charge in [0.1, 0.15) is 11.5 Å². The van der Waals surface area contributed by atoms with Crippen LogP contribution in [0.2, 0.25) is 0 Å². The molecule has 0 aliphatic carbocycles. The van der Waals surface area contributed by atoms with Crippen LogP contribution in [0.3, 0.4) is 0 Å². The van der Waals surface area contributed by atoms with Crippen molar-refractivity contribution in [2.24, 2.45) is 11.5 Å². The van der Waals surface area contributed by atoms with Crippen LogP contribution in [0.1, 0.15) is 78.4 Å². The third-order valence-electron chi connectivity index (χ3n) is 5.60. The zero-order valence-electron chi connectivity index (χ0n) is 20.1. The van der Waals surface area contributed by atoms with Crippen molar-refractivity contribution in [1.82, 2.24) is 0 Å². The highest BCUT2D eigenvalue weighted by Gasteiger charge is 2.30. The predicted molar refractivity (Wildman–Crippen MR) is 152 cm³/mol. The average molecular weight is 714 g/mol. The van der Waals surface area contributed by atoms with Gasteiger partial charge in [0.15, 0.2) is 11.4 Å². The van der Waals surface area contributed by atoms with Crippen LogP contribution in [-0.2, 0) is 5.41 Å². The van der Waals surface area contributed by atoms with E-state index >= 15 is 0 Å². The molecule has 0 aromatic heterocycles. The summed E-state index contributed by atoms with van der Waals surface area (Å²) in [6, 6.07) is 8.36. The molecule has 0 saturated heterocycles. The average Bonchev–Trinajstić information content (AvgIpc) is 2.67. The molecule has 0 aliphatic heterocycles. The lowest BCUT2D eigenvalue weighted by Crippen LogP contribution is -2.42. The van der Waals surface area contributed by atoms with Crippen molar-refractivity contribution in [3.05, 3.63) is 53.3 Å². The fourth-order valence-corrected chi connectivity index (χ4v) is 6.46. The molecule has 0 radical (unpaired) electrons. The van der Waals surface area contributed by atoms with Crippen LogP contribution in [0.15, 0.2) is 42.2 Å². The monoisotopic (exact) mass is 710 g/mol. The van der Waals surface area contributed by atoms with Crippen LogP contribution in [-0.4, -0.2) is 11.4 Å². The smallest absolute Gasteiger partial charge is 0.155 e. The third kappa shape index (κ3) is 7.43. The van der Waals surface area contributed by atoms with Gasteiger partial charge in [0.05, 0.1) is 17.9 Å². The molecule has 4 nitrogen and oxygen atoms in total. The number of hydrogen-bond acceptors (Lipinski definition) is 4. The maximum atomic E-state index is 6.33. The second-order valence-electron chi connectivity index (χ2n) is 9.49. The Morgan fingerprint density at radius 1 is 0.636 bits per heavy atom. The van der Waals surface area contributed by atoms with E-state index in [-0.39, 0.29) is 5.41 Å². The van der Waals surface area contributed by atoms with E-state index in [1.807, 2.05) is 13.8 Å². The van der Waals surface area contributed by atoms with Crippen molar-refractivity contribution >= 4 is 63.7 Å². The van der Waals surface area contributed by atoms with Gasteiger partial charge >= 0.3 is 0 Å². The van der Waals surface area contributed by atoms with Crippen LogP contribution < -0.4 is 20.9 Å². The normalized spacial score (nSPS) is 15.6. The minimum Gasteiger partial charge on any atom is -0.471 e. The van der Waals surface area contributed by atoms with E-state index in [0.29, 0.717) is 11.5 Å². The lowest BCUT2D eigenvalue weighted by atomic mass is 9.78. The first-order valence-corrected chi connectivity index (χ1v) is 14.3. The molecule has 2 rings (SSSR count). The Morgan fingerprint density at radius 2 is 0.909 bits per heavy atom. The number of rotatable bonds is 10. The standard InChI is InChI=1S/C25H34Br4N2O2/c1-7-9-24(5,30)32-21-17(26)11-15(12-18(21)27)23(3,4)16-13-19(28)22(20(29)14-16)33-25(6,31)10-8-2/h11-14H,7-10,30-31H2,1-6H3. The molecule has 0 aliphatic rings. The molecule has 0 saturated carbocycles. The van der Waals surface area contributed by atoms with Gasteiger partial charge < -0.3 is 9.47 Å². The van der Waals surface area contributed by atoms with Gasteiger partial charge in [-0.1, -0.05) is 40.5 Å². The van der Waals surface area contributed by atoms with Gasteiger partial charge in [-0.2, -0.15) is 0 Å². The van der Waals surface area contributed by atoms with Crippen molar-refractivity contribution < 1.29 is 9.47 Å². The summed E-state index contributed by atoms with van der Waals surface area (Å²) in [5.74, 6) is 1.41. The van der Waals surface area contributed by atoms with Crippen molar-refractivity contribution in [2.75, 3.05) is 0 Å². The largest absolute Gasteiger partial charge is 0.471 e. The second-order valence-corrected chi connectivity index (χ2v) is 12.9. The molecule has 0 heterocycles. The summed E-state index contributed by atoms with van der Waals surface area (Å²) in [5.41, 5.74) is 13.1. The third-order valence-corrected chi connectivity index (χ3v) is 7.96. The van der Waals surface area contributed by atoms with Gasteiger partial charge in [0, 0.05) is 18.3 Å². The Kier molecular flexibility index (Phi) is 9.96. The van der Waals surface area contributed by atoms with E-state index in [1.165, 1.54) is 0 Å². The summed E-state index contributed by atoms with van der Waals surface area (Å²) in [5, 5.41) is 0. The Hall–Kier alpha value is -0.120. The van der Waals surface area contributed by atoms with Gasteiger partial charge in [-0.25, -0.2) is 0 Å². The fraction of sp³-hybridized carbons (Fsp3) is 0.520. The highest BCUT2D eigenvalue weighted by molar-refractivity contribution is 9.11. The lowest BCUT2D eigenvalue weighted by molar-refractivity contribution is 0.0831. The zero-order chi connectivity index (χ0) is 25.2. The first-order valence-electron chi connectivity index (χ1n) is 11.1. The molecule has 0 bridgehead atoms. The van der Waals surface area contributed by atoms with Gasteiger partial charge in [-0.05, 0) is 113 Å². The highest BCUT2D eigenvalue weighted by atomic mass is 79.9. The molecular weight excluding hydrogens is 680 g/mol. The number of benzene rings is 2. The van der Waals surface area contributed by atoms with Crippen molar-refractivity contribution in [3.63, 3.8) is 0 Å². The van der Waals surface area contributed by atoms with Crippen molar-refractivity contribution in [1.29, 1.82) is 0 Å². The van der Waals surface area contributed by atoms with Gasteiger partial charge in [-0.15, -0.1) is 0 Å². The maximum absolute atomic E-state index is 6.33. The van der Waals surface area contributed by atoms with E-state index < -0.39 is 11.4 Å². The molecule has 0 amide bonds. The number of halogens is 4. The molecule has 0 spiro atoms. The molecule has 184 valence electrons. The van der Waals surface area contributed by atoms with Crippen LogP contribution >= 0.6 is 63.7 Å². The minimum atomic E-state index is -0.738. The maximum Gasteiger partial charge on any atom is 0.155 e. The fourth-order valence-electron chi connectivity index (χ4n) is 3.76. The molecule has 4 N–H and O–H groups in total. The predicted octanol–water partition coefficient (Wildman–Crippen LogP) is 8.77. The first kappa shape index (κ1) is 29.1. The Bertz CT molecular complexity index is 867. The lowest BCUT2D eigenvalue weighted by Gasteiger charge is -2.31. The molecule has 2 aromatic rings. The molecule has 0 fully saturated rings. The summed E-state index contributed by atoms with van der Waals surface area (Å²) >= 11 is 14.8. The number of ether oxygens (including phenoxy) is 2. The molecule has 2 atom stereocenters. The number of nitrogens with two attached hydrogens (primary N) is 2. The van der Waals surface area contributed by atoms with Crippen LogP contribution in [0, 0.1) is 0 Å². The van der Waals surface area contributed by atoms with E-state index in [9.17, 15) is 0 Å². The SMILES string of the molecule is CCCC(C)(N)Oc1c(Br)cc(C(C)(C)c2cc(Br)c(OC(C)(N)CCC)c(Br)c2)cc1Br. The quantitative estimate of drug-likeness (QED) is 0.242. The molecule has 2 aromatic carbocycles. The topological polar surface area (TPSA) is 70.5 Å². The molecule has 8 heteroatoms. The Labute approximate surface area is 232 Å². The second kappa shape index (κ2) is 11.3. The van der Waals surface area contributed by atoms with E-state index in [1.54, 1.807) is 0 Å². The molecule has 33 heavy (non-hydrogen) atoms.